The molecule has 0 aliphatic carbocycles. The smallest absolute Gasteiger partial charge is 0.320 e. The Bertz CT molecular complexity index is 662. The van der Waals surface area contributed by atoms with Crippen LogP contribution in [0.3, 0.4) is 0 Å². The van der Waals surface area contributed by atoms with E-state index in [9.17, 15) is 24.0 Å². The predicted molar refractivity (Wildman–Crippen MR) is 122 cm³/mol. The molecule has 0 heterocycles. The van der Waals surface area contributed by atoms with Crippen molar-refractivity contribution in [2.75, 3.05) is 39.5 Å². The molecule has 0 aromatic rings. The maximum Gasteiger partial charge on any atom is 0.320 e. The van der Waals surface area contributed by atoms with Crippen LogP contribution in [0, 0.1) is 0 Å². The topological polar surface area (TPSA) is 183 Å². The first-order chi connectivity index (χ1) is 15.9. The Morgan fingerprint density at radius 1 is 0.882 bits per heavy atom. The van der Waals surface area contributed by atoms with Gasteiger partial charge in [-0.25, -0.2) is 0 Å². The number of ether oxygens (including phenoxy) is 3. The van der Waals surface area contributed by atoms with Gasteiger partial charge in [-0.3, -0.25) is 24.0 Å². The normalized spacial score (nSPS) is 12.0. The van der Waals surface area contributed by atoms with Gasteiger partial charge in [-0.2, -0.15) is 0 Å². The van der Waals surface area contributed by atoms with Crippen LogP contribution in [0.4, 0.5) is 0 Å². The average molecular weight is 490 g/mol. The van der Waals surface area contributed by atoms with Crippen molar-refractivity contribution in [3.05, 3.63) is 0 Å². The van der Waals surface area contributed by atoms with E-state index in [-0.39, 0.29) is 58.1 Å². The summed E-state index contributed by atoms with van der Waals surface area (Å²) in [5, 5.41) is 13.8. The summed E-state index contributed by atoms with van der Waals surface area (Å²) < 4.78 is 15.6. The highest BCUT2D eigenvalue weighted by atomic mass is 16.6. The van der Waals surface area contributed by atoms with E-state index in [1.54, 1.807) is 20.8 Å². The number of esters is 1. The molecular formula is C22H39N3O9. The largest absolute Gasteiger partial charge is 0.480 e. The number of nitrogens with one attached hydrogen (secondary N) is 2. The Kier molecular flexibility index (Phi) is 16.5. The van der Waals surface area contributed by atoms with E-state index in [1.807, 2.05) is 0 Å². The minimum Gasteiger partial charge on any atom is -0.480 e. The van der Waals surface area contributed by atoms with Crippen LogP contribution in [0.5, 0.6) is 0 Å². The Balaban J connectivity index is 3.60. The van der Waals surface area contributed by atoms with Crippen LogP contribution in [0.1, 0.15) is 59.3 Å². The second-order valence-electron chi connectivity index (χ2n) is 8.57. The zero-order valence-corrected chi connectivity index (χ0v) is 20.4. The van der Waals surface area contributed by atoms with Gasteiger partial charge in [0.1, 0.15) is 18.2 Å². The van der Waals surface area contributed by atoms with Gasteiger partial charge in [0.05, 0.1) is 19.8 Å². The van der Waals surface area contributed by atoms with Gasteiger partial charge in [0, 0.05) is 25.9 Å². The number of rotatable bonds is 19. The quantitative estimate of drug-likeness (QED) is 0.109. The number of carbonyl (C=O) groups excluding carboxylic acids is 4. The Morgan fingerprint density at radius 2 is 1.56 bits per heavy atom. The molecule has 0 spiro atoms. The Morgan fingerprint density at radius 3 is 2.21 bits per heavy atom. The lowest BCUT2D eigenvalue weighted by molar-refractivity contribution is -0.155. The zero-order valence-electron chi connectivity index (χ0n) is 20.4. The van der Waals surface area contributed by atoms with Gasteiger partial charge in [-0.05, 0) is 46.5 Å². The van der Waals surface area contributed by atoms with Crippen LogP contribution in [0.15, 0.2) is 0 Å². The molecule has 0 aliphatic heterocycles. The molecule has 2 amide bonds. The Labute approximate surface area is 200 Å². The fraction of sp³-hybridized carbons (Fsp3) is 0.773. The summed E-state index contributed by atoms with van der Waals surface area (Å²) in [5.41, 5.74) is 4.80. The Hall–Kier alpha value is -2.57. The fourth-order valence-electron chi connectivity index (χ4n) is 2.51. The van der Waals surface area contributed by atoms with Gasteiger partial charge in [0.2, 0.25) is 11.7 Å². The van der Waals surface area contributed by atoms with E-state index < -0.39 is 35.3 Å². The highest BCUT2D eigenvalue weighted by molar-refractivity contribution is 6.36. The molecule has 0 aromatic carbocycles. The van der Waals surface area contributed by atoms with Crippen molar-refractivity contribution >= 4 is 29.5 Å². The first-order valence-electron chi connectivity index (χ1n) is 11.4. The van der Waals surface area contributed by atoms with Gasteiger partial charge >= 0.3 is 11.9 Å². The molecule has 0 radical (unpaired) electrons. The molecule has 12 heteroatoms. The van der Waals surface area contributed by atoms with Crippen molar-refractivity contribution in [1.29, 1.82) is 0 Å². The average Bonchev–Trinajstić information content (AvgIpc) is 2.73. The van der Waals surface area contributed by atoms with Crippen molar-refractivity contribution in [1.82, 2.24) is 10.6 Å². The third-order valence-corrected chi connectivity index (χ3v) is 4.18. The van der Waals surface area contributed by atoms with Crippen molar-refractivity contribution in [3.8, 4) is 0 Å². The standard InChI is InChI=1S/C22H39N3O9/c1-22(2,3)34-19(28)9-6-8-17(26)20(29)25-11-12-32-13-14-33-15-18(27)24-10-5-4-7-16(23)21(30)31/h16H,4-15,23H2,1-3H3,(H,24,27)(H,25,29)(H,30,31). The molecule has 196 valence electrons. The molecule has 0 aliphatic rings. The summed E-state index contributed by atoms with van der Waals surface area (Å²) >= 11 is 0. The van der Waals surface area contributed by atoms with Gasteiger partial charge < -0.3 is 35.7 Å². The third kappa shape index (κ3) is 18.9. The molecule has 34 heavy (non-hydrogen) atoms. The molecule has 1 unspecified atom stereocenters. The summed E-state index contributed by atoms with van der Waals surface area (Å²) in [5.74, 6) is -3.08. The fourth-order valence-corrected chi connectivity index (χ4v) is 2.51. The number of Topliss-reactive ketones (excluding diaryl/α,β-unsaturated/α-hetero) is 1. The maximum atomic E-state index is 11.8. The second kappa shape index (κ2) is 17.8. The number of unbranched alkanes of at least 4 members (excludes halogenated alkanes) is 1. The number of aliphatic carboxylic acids is 1. The van der Waals surface area contributed by atoms with Crippen LogP contribution >= 0.6 is 0 Å². The molecule has 5 N–H and O–H groups in total. The minimum absolute atomic E-state index is 0.0439. The highest BCUT2D eigenvalue weighted by Gasteiger charge is 2.18. The monoisotopic (exact) mass is 489 g/mol. The van der Waals surface area contributed by atoms with Crippen LogP contribution in [0.2, 0.25) is 0 Å². The summed E-state index contributed by atoms with van der Waals surface area (Å²) in [6.45, 7) is 6.23. The van der Waals surface area contributed by atoms with E-state index in [0.717, 1.165) is 0 Å². The minimum atomic E-state index is -1.04. The number of carboxylic acid groups (broad SMARTS) is 1. The molecular weight excluding hydrogens is 450 g/mol. The highest BCUT2D eigenvalue weighted by Crippen LogP contribution is 2.10. The van der Waals surface area contributed by atoms with E-state index in [4.69, 9.17) is 25.1 Å². The van der Waals surface area contributed by atoms with E-state index in [2.05, 4.69) is 10.6 Å². The number of amides is 2. The number of ketones is 1. The van der Waals surface area contributed by atoms with Crippen LogP contribution in [-0.2, 0) is 38.2 Å². The number of nitrogens with two attached hydrogens (primary N) is 1. The first-order valence-corrected chi connectivity index (χ1v) is 11.4. The second-order valence-corrected chi connectivity index (χ2v) is 8.57. The summed E-state index contributed by atoms with van der Waals surface area (Å²) in [6.07, 6.45) is 1.82. The molecule has 0 rings (SSSR count). The van der Waals surface area contributed by atoms with Gasteiger partial charge in [0.15, 0.2) is 0 Å². The van der Waals surface area contributed by atoms with Crippen molar-refractivity contribution < 1.29 is 43.3 Å². The number of carbonyl (C=O) groups is 5. The van der Waals surface area contributed by atoms with Crippen LogP contribution in [0.25, 0.3) is 0 Å². The lowest BCUT2D eigenvalue weighted by Gasteiger charge is -2.19. The summed E-state index contributed by atoms with van der Waals surface area (Å²) in [6, 6.07) is -0.886. The first kappa shape index (κ1) is 31.4. The number of carboxylic acids is 1. The molecule has 0 saturated carbocycles. The molecule has 0 aromatic heterocycles. The van der Waals surface area contributed by atoms with Crippen molar-refractivity contribution in [2.24, 2.45) is 5.73 Å². The van der Waals surface area contributed by atoms with E-state index >= 15 is 0 Å². The molecule has 0 saturated heterocycles. The number of hydrogen-bond donors (Lipinski definition) is 4. The molecule has 0 fully saturated rings. The van der Waals surface area contributed by atoms with Gasteiger partial charge in [-0.1, -0.05) is 0 Å². The SMILES string of the molecule is CC(C)(C)OC(=O)CCCC(=O)C(=O)NCCOCCOCC(=O)NCCCCC(N)C(=O)O. The maximum absolute atomic E-state index is 11.8. The lowest BCUT2D eigenvalue weighted by atomic mass is 10.1. The summed E-state index contributed by atoms with van der Waals surface area (Å²) in [7, 11) is 0. The van der Waals surface area contributed by atoms with E-state index in [1.165, 1.54) is 0 Å². The predicted octanol–water partition coefficient (Wildman–Crippen LogP) is -0.0847. The molecule has 1 atom stereocenters. The van der Waals surface area contributed by atoms with Crippen LogP contribution in [-0.4, -0.2) is 85.8 Å². The zero-order chi connectivity index (χ0) is 26.0. The van der Waals surface area contributed by atoms with E-state index in [0.29, 0.717) is 25.8 Å². The molecule has 12 nitrogen and oxygen atoms in total. The van der Waals surface area contributed by atoms with Crippen molar-refractivity contribution in [3.63, 3.8) is 0 Å². The summed E-state index contributed by atoms with van der Waals surface area (Å²) in [4.78, 5) is 57.2. The number of hydrogen-bond acceptors (Lipinski definition) is 9. The van der Waals surface area contributed by atoms with Crippen molar-refractivity contribution in [2.45, 2.75) is 70.9 Å². The van der Waals surface area contributed by atoms with Crippen LogP contribution < -0.4 is 16.4 Å². The third-order valence-electron chi connectivity index (χ3n) is 4.18. The van der Waals surface area contributed by atoms with Gasteiger partial charge in [-0.15, -0.1) is 0 Å². The lowest BCUT2D eigenvalue weighted by Crippen LogP contribution is -2.33. The van der Waals surface area contributed by atoms with Gasteiger partial charge in [0.25, 0.3) is 5.91 Å². The molecule has 0 bridgehead atoms.